The van der Waals surface area contributed by atoms with E-state index >= 15 is 0 Å². The largest absolute Gasteiger partial charge is 0.493 e. The van der Waals surface area contributed by atoms with Crippen LogP contribution in [0, 0.1) is 0 Å². The first-order valence-corrected chi connectivity index (χ1v) is 10.2. The summed E-state index contributed by atoms with van der Waals surface area (Å²) in [5.74, 6) is 0.923. The lowest BCUT2D eigenvalue weighted by atomic mass is 10.1. The van der Waals surface area contributed by atoms with Gasteiger partial charge >= 0.3 is 0 Å². The fraction of sp³-hybridized carbons (Fsp3) is 0.391. The predicted molar refractivity (Wildman–Crippen MR) is 118 cm³/mol. The van der Waals surface area contributed by atoms with Crippen LogP contribution in [0.5, 0.6) is 11.5 Å². The van der Waals surface area contributed by atoms with E-state index in [1.165, 1.54) is 13.3 Å². The van der Waals surface area contributed by atoms with Crippen molar-refractivity contribution in [1.82, 2.24) is 5.32 Å². The van der Waals surface area contributed by atoms with Gasteiger partial charge in [0.1, 0.15) is 0 Å². The van der Waals surface area contributed by atoms with E-state index in [1.807, 2.05) is 24.3 Å². The summed E-state index contributed by atoms with van der Waals surface area (Å²) >= 11 is 0. The number of hydrogen-bond donors (Lipinski definition) is 2. The number of nitrogens with zero attached hydrogens (tertiary/aromatic N) is 1. The molecule has 1 heterocycles. The van der Waals surface area contributed by atoms with Crippen LogP contribution in [0.25, 0.3) is 0 Å². The Morgan fingerprint density at radius 1 is 1.03 bits per heavy atom. The van der Waals surface area contributed by atoms with Crippen LogP contribution in [-0.2, 0) is 11.3 Å². The van der Waals surface area contributed by atoms with Gasteiger partial charge in [-0.15, -0.1) is 0 Å². The van der Waals surface area contributed by atoms with E-state index in [9.17, 15) is 9.59 Å². The third kappa shape index (κ3) is 5.03. The predicted octanol–water partition coefficient (Wildman–Crippen LogP) is 3.58. The lowest BCUT2D eigenvalue weighted by Crippen LogP contribution is -2.32. The molecule has 1 aliphatic heterocycles. The van der Waals surface area contributed by atoms with Crippen molar-refractivity contribution < 1.29 is 19.1 Å². The number of hydrogen-bond acceptors (Lipinski definition) is 5. The molecule has 2 aromatic rings. The van der Waals surface area contributed by atoms with Crippen molar-refractivity contribution in [2.45, 2.75) is 32.7 Å². The number of carbonyl (C=O) groups excluding carboxylic acids is 2. The lowest BCUT2D eigenvalue weighted by Gasteiger charge is -2.30. The maximum absolute atomic E-state index is 13.1. The number of amides is 2. The number of anilines is 2. The molecule has 0 aromatic heterocycles. The highest BCUT2D eigenvalue weighted by Crippen LogP contribution is 2.31. The Hall–Kier alpha value is -3.22. The lowest BCUT2D eigenvalue weighted by molar-refractivity contribution is -0.114. The zero-order valence-electron chi connectivity index (χ0n) is 17.8. The fourth-order valence-corrected chi connectivity index (χ4v) is 3.76. The fourth-order valence-electron chi connectivity index (χ4n) is 3.76. The van der Waals surface area contributed by atoms with E-state index in [0.717, 1.165) is 37.2 Å². The molecule has 2 N–H and O–H groups in total. The molecule has 1 fully saturated rings. The summed E-state index contributed by atoms with van der Waals surface area (Å²) < 4.78 is 10.8. The molecule has 1 saturated heterocycles. The Labute approximate surface area is 177 Å². The Morgan fingerprint density at radius 2 is 1.80 bits per heavy atom. The van der Waals surface area contributed by atoms with E-state index in [1.54, 1.807) is 26.4 Å². The summed E-state index contributed by atoms with van der Waals surface area (Å²) in [7, 11) is 3.17. The molecule has 0 saturated carbocycles. The van der Waals surface area contributed by atoms with Gasteiger partial charge in [0, 0.05) is 37.8 Å². The van der Waals surface area contributed by atoms with Gasteiger partial charge in [-0.2, -0.15) is 0 Å². The summed E-state index contributed by atoms with van der Waals surface area (Å²) in [6.45, 7) is 3.58. The molecule has 2 amide bonds. The quantitative estimate of drug-likeness (QED) is 0.728. The molecule has 0 spiro atoms. The van der Waals surface area contributed by atoms with E-state index < -0.39 is 0 Å². The van der Waals surface area contributed by atoms with Crippen molar-refractivity contribution in [3.63, 3.8) is 0 Å². The molecule has 0 atom stereocenters. The average Bonchev–Trinajstić information content (AvgIpc) is 2.77. The summed E-state index contributed by atoms with van der Waals surface area (Å²) in [5, 5.41) is 5.80. The molecule has 30 heavy (non-hydrogen) atoms. The van der Waals surface area contributed by atoms with Crippen LogP contribution in [0.15, 0.2) is 36.4 Å². The molecular formula is C23H29N3O4. The highest BCUT2D eigenvalue weighted by atomic mass is 16.5. The van der Waals surface area contributed by atoms with Crippen molar-refractivity contribution >= 4 is 23.2 Å². The number of piperidine rings is 1. The number of rotatable bonds is 7. The van der Waals surface area contributed by atoms with E-state index in [0.29, 0.717) is 29.3 Å². The minimum Gasteiger partial charge on any atom is -0.493 e. The first-order chi connectivity index (χ1) is 14.5. The summed E-state index contributed by atoms with van der Waals surface area (Å²) in [6, 6.07) is 11.0. The molecular weight excluding hydrogens is 382 g/mol. The van der Waals surface area contributed by atoms with Crippen LogP contribution >= 0.6 is 0 Å². The summed E-state index contributed by atoms with van der Waals surface area (Å²) in [5.41, 5.74) is 2.96. The van der Waals surface area contributed by atoms with Gasteiger partial charge in [-0.05, 0) is 43.5 Å². The van der Waals surface area contributed by atoms with Gasteiger partial charge in [0.05, 0.1) is 25.5 Å². The molecule has 2 aromatic carbocycles. The van der Waals surface area contributed by atoms with Crippen LogP contribution in [-0.4, -0.2) is 39.1 Å². The first-order valence-electron chi connectivity index (χ1n) is 10.2. The third-order valence-corrected chi connectivity index (χ3v) is 5.18. The van der Waals surface area contributed by atoms with Crippen molar-refractivity contribution in [1.29, 1.82) is 0 Å². The minimum absolute atomic E-state index is 0.137. The summed E-state index contributed by atoms with van der Waals surface area (Å²) in [6.07, 6.45) is 3.37. The maximum atomic E-state index is 13.1. The normalized spacial score (nSPS) is 13.5. The smallest absolute Gasteiger partial charge is 0.253 e. The Balaban J connectivity index is 1.83. The van der Waals surface area contributed by atoms with Gasteiger partial charge in [0.25, 0.3) is 5.91 Å². The Bertz CT molecular complexity index is 907. The van der Waals surface area contributed by atoms with Crippen molar-refractivity contribution in [2.24, 2.45) is 0 Å². The summed E-state index contributed by atoms with van der Waals surface area (Å²) in [4.78, 5) is 26.8. The highest BCUT2D eigenvalue weighted by molar-refractivity contribution is 6.01. The zero-order chi connectivity index (χ0) is 21.5. The number of nitrogens with one attached hydrogen (secondary N) is 2. The molecule has 0 aliphatic carbocycles. The number of methoxy groups -OCH3 is 2. The standard InChI is InChI=1S/C23H29N3O4/c1-16(27)25-18-10-11-19(20(14-18)26-12-5-4-6-13-26)23(28)24-15-17-8-7-9-21(29-2)22(17)30-3/h7-11,14H,4-6,12-13,15H2,1-3H3,(H,24,28)(H,25,27). The third-order valence-electron chi connectivity index (χ3n) is 5.18. The van der Waals surface area contributed by atoms with E-state index in [4.69, 9.17) is 9.47 Å². The highest BCUT2D eigenvalue weighted by Gasteiger charge is 2.20. The van der Waals surface area contributed by atoms with E-state index in [-0.39, 0.29) is 11.8 Å². The second kappa shape index (κ2) is 10.0. The van der Waals surface area contributed by atoms with Gasteiger partial charge in [-0.3, -0.25) is 9.59 Å². The first kappa shape index (κ1) is 21.5. The maximum Gasteiger partial charge on any atom is 0.253 e. The number of ether oxygens (including phenoxy) is 2. The molecule has 3 rings (SSSR count). The molecule has 1 aliphatic rings. The topological polar surface area (TPSA) is 79.9 Å². The van der Waals surface area contributed by atoms with Crippen LogP contribution in [0.4, 0.5) is 11.4 Å². The van der Waals surface area contributed by atoms with E-state index in [2.05, 4.69) is 15.5 Å². The van der Waals surface area contributed by atoms with Crippen molar-refractivity contribution in [2.75, 3.05) is 37.5 Å². The van der Waals surface area contributed by atoms with Crippen molar-refractivity contribution in [3.8, 4) is 11.5 Å². The van der Waals surface area contributed by atoms with Crippen molar-refractivity contribution in [3.05, 3.63) is 47.5 Å². The SMILES string of the molecule is COc1cccc(CNC(=O)c2ccc(NC(C)=O)cc2N2CCCCC2)c1OC. The van der Waals surface area contributed by atoms with Crippen LogP contribution in [0.1, 0.15) is 42.1 Å². The number of benzene rings is 2. The minimum atomic E-state index is -0.171. The van der Waals surface area contributed by atoms with Gasteiger partial charge in [0.2, 0.25) is 5.91 Å². The Kier molecular flexibility index (Phi) is 7.17. The van der Waals surface area contributed by atoms with Gasteiger partial charge in [-0.25, -0.2) is 0 Å². The second-order valence-corrected chi connectivity index (χ2v) is 7.30. The second-order valence-electron chi connectivity index (χ2n) is 7.30. The van der Waals surface area contributed by atoms with Crippen LogP contribution in [0.2, 0.25) is 0 Å². The number of para-hydroxylation sites is 1. The van der Waals surface area contributed by atoms with Crippen LogP contribution < -0.4 is 25.0 Å². The number of carbonyl (C=O) groups is 2. The average molecular weight is 412 g/mol. The molecule has 7 nitrogen and oxygen atoms in total. The Morgan fingerprint density at radius 3 is 2.47 bits per heavy atom. The van der Waals surface area contributed by atoms with Crippen LogP contribution in [0.3, 0.4) is 0 Å². The molecule has 7 heteroatoms. The van der Waals surface area contributed by atoms with Gasteiger partial charge in [0.15, 0.2) is 11.5 Å². The molecule has 0 unspecified atom stereocenters. The van der Waals surface area contributed by atoms with Gasteiger partial charge in [-0.1, -0.05) is 12.1 Å². The molecule has 0 radical (unpaired) electrons. The molecule has 160 valence electrons. The zero-order valence-corrected chi connectivity index (χ0v) is 17.8. The monoisotopic (exact) mass is 411 g/mol. The molecule has 0 bridgehead atoms. The van der Waals surface area contributed by atoms with Gasteiger partial charge < -0.3 is 25.0 Å².